The molecule has 6 heteroatoms. The lowest BCUT2D eigenvalue weighted by molar-refractivity contribution is -0.122. The number of nitrogens with zero attached hydrogens (tertiary/aromatic N) is 2. The molecular weight excluding hydrogens is 300 g/mol. The molecule has 0 aliphatic rings. The first-order valence-electron chi connectivity index (χ1n) is 7.76. The van der Waals surface area contributed by atoms with Gasteiger partial charge in [0, 0.05) is 25.2 Å². The third-order valence-electron chi connectivity index (χ3n) is 3.64. The first-order chi connectivity index (χ1) is 11.1. The van der Waals surface area contributed by atoms with Crippen molar-refractivity contribution >= 4 is 5.91 Å². The van der Waals surface area contributed by atoms with Gasteiger partial charge in [-0.3, -0.25) is 9.36 Å². The number of carbonyl (C=O) groups is 1. The van der Waals surface area contributed by atoms with Crippen molar-refractivity contribution in [3.05, 3.63) is 54.1 Å². The van der Waals surface area contributed by atoms with Crippen LogP contribution in [0.3, 0.4) is 0 Å². The van der Waals surface area contributed by atoms with Crippen LogP contribution >= 0.6 is 0 Å². The molecule has 1 atom stereocenters. The fourth-order valence-corrected chi connectivity index (χ4v) is 2.40. The largest absolute Gasteiger partial charge is 0.349 e. The van der Waals surface area contributed by atoms with Crippen LogP contribution in [-0.4, -0.2) is 15.5 Å². The zero-order valence-electron chi connectivity index (χ0n) is 13.1. The second kappa shape index (κ2) is 8.41. The van der Waals surface area contributed by atoms with Gasteiger partial charge < -0.3 is 5.32 Å². The molecule has 0 saturated heterocycles. The van der Waals surface area contributed by atoms with Crippen LogP contribution in [-0.2, 0) is 11.2 Å². The monoisotopic (exact) mass is 321 g/mol. The standard InChI is InChI=1S/C17H21F2N3O/c1-2-3-9-16(23)21-14(13-7-5-4-6-8-13)12-15-20-10-11-22(15)17(18)19/h4-8,10-11,14,17H,2-3,9,12H2,1H3,(H,21,23)/t14-/m1/s1. The number of rotatable bonds is 8. The van der Waals surface area contributed by atoms with Crippen LogP contribution < -0.4 is 5.32 Å². The lowest BCUT2D eigenvalue weighted by Gasteiger charge is -2.19. The predicted octanol–water partition coefficient (Wildman–Crippen LogP) is 3.87. The average molecular weight is 321 g/mol. The molecule has 1 amide bonds. The van der Waals surface area contributed by atoms with Gasteiger partial charge in [-0.1, -0.05) is 43.7 Å². The Bertz CT molecular complexity index is 613. The lowest BCUT2D eigenvalue weighted by Crippen LogP contribution is -2.30. The zero-order chi connectivity index (χ0) is 16.7. The van der Waals surface area contributed by atoms with Gasteiger partial charge in [-0.25, -0.2) is 4.98 Å². The Morgan fingerprint density at radius 3 is 2.70 bits per heavy atom. The Labute approximate surface area is 134 Å². The molecule has 124 valence electrons. The predicted molar refractivity (Wildman–Crippen MR) is 84.0 cm³/mol. The number of imidazole rings is 1. The molecule has 0 aliphatic heterocycles. The first kappa shape index (κ1) is 17.1. The molecule has 23 heavy (non-hydrogen) atoms. The lowest BCUT2D eigenvalue weighted by atomic mass is 10.0. The maximum Gasteiger partial charge on any atom is 0.319 e. The van der Waals surface area contributed by atoms with E-state index in [2.05, 4.69) is 10.3 Å². The SMILES string of the molecule is CCCCC(=O)N[C@H](Cc1nccn1C(F)F)c1ccccc1. The summed E-state index contributed by atoms with van der Waals surface area (Å²) in [6.45, 7) is -0.624. The fraction of sp³-hybridized carbons (Fsp3) is 0.412. The summed E-state index contributed by atoms with van der Waals surface area (Å²) >= 11 is 0. The Hall–Kier alpha value is -2.24. The number of nitrogens with one attached hydrogen (secondary N) is 1. The summed E-state index contributed by atoms with van der Waals surface area (Å²) < 4.78 is 26.8. The molecule has 0 fully saturated rings. The molecule has 1 N–H and O–H groups in total. The minimum absolute atomic E-state index is 0.0733. The Morgan fingerprint density at radius 1 is 1.30 bits per heavy atom. The van der Waals surface area contributed by atoms with Crippen LogP contribution in [0.25, 0.3) is 0 Å². The van der Waals surface area contributed by atoms with Crippen LogP contribution in [0.1, 0.15) is 50.2 Å². The molecule has 2 aromatic rings. The van der Waals surface area contributed by atoms with E-state index in [1.807, 2.05) is 37.3 Å². The molecule has 0 unspecified atom stereocenters. The molecule has 2 rings (SSSR count). The molecule has 1 aromatic carbocycles. The van der Waals surface area contributed by atoms with Gasteiger partial charge in [0.1, 0.15) is 5.82 Å². The van der Waals surface area contributed by atoms with E-state index >= 15 is 0 Å². The minimum atomic E-state index is -2.64. The van der Waals surface area contributed by atoms with E-state index < -0.39 is 6.55 Å². The summed E-state index contributed by atoms with van der Waals surface area (Å²) in [6.07, 6.45) is 4.99. The molecule has 4 nitrogen and oxygen atoms in total. The van der Waals surface area contributed by atoms with Crippen LogP contribution in [0.15, 0.2) is 42.7 Å². The third-order valence-corrected chi connectivity index (χ3v) is 3.64. The molecule has 1 aromatic heterocycles. The number of amides is 1. The highest BCUT2D eigenvalue weighted by Crippen LogP contribution is 2.21. The first-order valence-corrected chi connectivity index (χ1v) is 7.76. The number of hydrogen-bond acceptors (Lipinski definition) is 2. The van der Waals surface area contributed by atoms with Crippen LogP contribution in [0.2, 0.25) is 0 Å². The Kier molecular flexibility index (Phi) is 6.26. The molecule has 0 aliphatic carbocycles. The highest BCUT2D eigenvalue weighted by molar-refractivity contribution is 5.76. The number of benzene rings is 1. The van der Waals surface area contributed by atoms with Crippen molar-refractivity contribution in [3.63, 3.8) is 0 Å². The smallest absolute Gasteiger partial charge is 0.319 e. The number of carbonyl (C=O) groups excluding carboxylic acids is 1. The maximum atomic E-state index is 13.0. The van der Waals surface area contributed by atoms with E-state index in [0.29, 0.717) is 6.42 Å². The minimum Gasteiger partial charge on any atom is -0.349 e. The van der Waals surface area contributed by atoms with E-state index in [1.165, 1.54) is 12.4 Å². The number of halogens is 2. The van der Waals surface area contributed by atoms with Gasteiger partial charge in [-0.2, -0.15) is 8.78 Å². The molecule has 1 heterocycles. The van der Waals surface area contributed by atoms with Gasteiger partial charge in [0.25, 0.3) is 0 Å². The van der Waals surface area contributed by atoms with Crippen molar-refractivity contribution in [2.45, 2.75) is 45.2 Å². The van der Waals surface area contributed by atoms with E-state index in [9.17, 15) is 13.6 Å². The summed E-state index contributed by atoms with van der Waals surface area (Å²) in [7, 11) is 0. The maximum absolute atomic E-state index is 13.0. The summed E-state index contributed by atoms with van der Waals surface area (Å²) in [5.41, 5.74) is 0.876. The van der Waals surface area contributed by atoms with E-state index in [4.69, 9.17) is 0 Å². The van der Waals surface area contributed by atoms with Gasteiger partial charge in [-0.05, 0) is 12.0 Å². The summed E-state index contributed by atoms with van der Waals surface area (Å²) in [5.74, 6) is 0.181. The van der Waals surface area contributed by atoms with Crippen molar-refractivity contribution in [3.8, 4) is 0 Å². The molecule has 0 saturated carbocycles. The quantitative estimate of drug-likeness (QED) is 0.802. The van der Waals surface area contributed by atoms with Gasteiger partial charge in [-0.15, -0.1) is 0 Å². The summed E-state index contributed by atoms with van der Waals surface area (Å²) in [6, 6.07) is 8.97. The topological polar surface area (TPSA) is 46.9 Å². The summed E-state index contributed by atoms with van der Waals surface area (Å²) in [5, 5.41) is 2.94. The number of hydrogen-bond donors (Lipinski definition) is 1. The van der Waals surface area contributed by atoms with Gasteiger partial charge in [0.2, 0.25) is 5.91 Å². The normalized spacial score (nSPS) is 12.3. The van der Waals surface area contributed by atoms with Crippen LogP contribution in [0, 0.1) is 0 Å². The van der Waals surface area contributed by atoms with E-state index in [1.54, 1.807) is 0 Å². The van der Waals surface area contributed by atoms with Gasteiger partial charge >= 0.3 is 6.55 Å². The van der Waals surface area contributed by atoms with Gasteiger partial charge in [0.15, 0.2) is 0 Å². The highest BCUT2D eigenvalue weighted by atomic mass is 19.3. The van der Waals surface area contributed by atoms with Crippen molar-refractivity contribution in [1.29, 1.82) is 0 Å². The Balaban J connectivity index is 2.16. The van der Waals surface area contributed by atoms with E-state index in [0.717, 1.165) is 23.0 Å². The van der Waals surface area contributed by atoms with Crippen molar-refractivity contribution in [2.24, 2.45) is 0 Å². The van der Waals surface area contributed by atoms with Crippen molar-refractivity contribution in [1.82, 2.24) is 14.9 Å². The average Bonchev–Trinajstić information content (AvgIpc) is 3.01. The Morgan fingerprint density at radius 2 is 2.04 bits per heavy atom. The van der Waals surface area contributed by atoms with E-state index in [-0.39, 0.29) is 24.2 Å². The zero-order valence-corrected chi connectivity index (χ0v) is 13.1. The highest BCUT2D eigenvalue weighted by Gasteiger charge is 2.19. The van der Waals surface area contributed by atoms with Crippen LogP contribution in [0.4, 0.5) is 8.78 Å². The molecular formula is C17H21F2N3O. The number of aromatic nitrogens is 2. The fourth-order valence-electron chi connectivity index (χ4n) is 2.40. The molecule has 0 bridgehead atoms. The number of alkyl halides is 2. The van der Waals surface area contributed by atoms with Crippen LogP contribution in [0.5, 0.6) is 0 Å². The van der Waals surface area contributed by atoms with Crippen molar-refractivity contribution in [2.75, 3.05) is 0 Å². The third kappa shape index (κ3) is 4.87. The van der Waals surface area contributed by atoms with Crippen molar-refractivity contribution < 1.29 is 13.6 Å². The molecule has 0 spiro atoms. The molecule has 0 radical (unpaired) electrons. The van der Waals surface area contributed by atoms with Gasteiger partial charge in [0.05, 0.1) is 6.04 Å². The second-order valence-corrected chi connectivity index (χ2v) is 5.37. The number of unbranched alkanes of at least 4 members (excludes halogenated alkanes) is 1. The summed E-state index contributed by atoms with van der Waals surface area (Å²) in [4.78, 5) is 16.1. The second-order valence-electron chi connectivity index (χ2n) is 5.37.